The maximum Gasteiger partial charge on any atom is 0.286 e. The summed E-state index contributed by atoms with van der Waals surface area (Å²) in [7, 11) is 2.13. The van der Waals surface area contributed by atoms with E-state index < -0.39 is 6.04 Å². The van der Waals surface area contributed by atoms with Gasteiger partial charge in [0, 0.05) is 11.2 Å². The molecule has 0 bridgehead atoms. The fourth-order valence-corrected chi connectivity index (χ4v) is 5.06. The third kappa shape index (κ3) is 6.54. The summed E-state index contributed by atoms with van der Waals surface area (Å²) in [4.78, 5) is 28.0. The van der Waals surface area contributed by atoms with E-state index in [1.807, 2.05) is 13.8 Å². The second-order valence-corrected chi connectivity index (χ2v) is 10.1. The summed E-state index contributed by atoms with van der Waals surface area (Å²) in [5.41, 5.74) is 0. The number of nitrogens with zero attached hydrogens (tertiary/aromatic N) is 3. The van der Waals surface area contributed by atoms with Crippen molar-refractivity contribution in [3.8, 4) is 0 Å². The monoisotopic (exact) mass is 422 g/mol. The fraction of sp³-hybridized carbons (Fsp3) is 0.810. The van der Waals surface area contributed by atoms with Crippen molar-refractivity contribution in [1.29, 1.82) is 0 Å². The molecule has 2 fully saturated rings. The first-order chi connectivity index (χ1) is 13.9. The Hall–Kier alpha value is -1.41. The highest BCUT2D eigenvalue weighted by Gasteiger charge is 2.31. The molecule has 0 spiro atoms. The SMILES string of the molecule is CC(C)CC(NC(=O)C1CCCCC1)C(=O)c1nnc(SC2CCN(C)CC2)o1. The van der Waals surface area contributed by atoms with Gasteiger partial charge in [-0.15, -0.1) is 10.2 Å². The number of Topliss-reactive ketones (excluding diaryl/α,β-unsaturated/α-hetero) is 1. The van der Waals surface area contributed by atoms with Crippen LogP contribution in [0.3, 0.4) is 0 Å². The molecule has 3 rings (SSSR count). The third-order valence-electron chi connectivity index (χ3n) is 5.87. The molecular weight excluding hydrogens is 388 g/mol. The Kier molecular flexibility index (Phi) is 8.12. The van der Waals surface area contributed by atoms with Crippen LogP contribution in [0.1, 0.15) is 75.9 Å². The predicted molar refractivity (Wildman–Crippen MR) is 113 cm³/mol. The molecule has 8 heteroatoms. The Bertz CT molecular complexity index is 679. The Labute approximate surface area is 177 Å². The molecule has 29 heavy (non-hydrogen) atoms. The van der Waals surface area contributed by atoms with Crippen LogP contribution in [0.25, 0.3) is 0 Å². The van der Waals surface area contributed by atoms with Crippen LogP contribution in [-0.2, 0) is 4.79 Å². The lowest BCUT2D eigenvalue weighted by molar-refractivity contribution is -0.126. The number of amides is 1. The van der Waals surface area contributed by atoms with E-state index in [0.29, 0.717) is 16.9 Å². The zero-order chi connectivity index (χ0) is 20.8. The molecule has 1 N–H and O–H groups in total. The summed E-state index contributed by atoms with van der Waals surface area (Å²) in [6.07, 6.45) is 7.89. The number of likely N-dealkylation sites (tertiary alicyclic amines) is 1. The van der Waals surface area contributed by atoms with E-state index in [1.54, 1.807) is 11.8 Å². The Morgan fingerprint density at radius 2 is 1.83 bits per heavy atom. The summed E-state index contributed by atoms with van der Waals surface area (Å²) in [5.74, 6) is 0.0146. The van der Waals surface area contributed by atoms with Gasteiger partial charge in [0.2, 0.25) is 11.7 Å². The second kappa shape index (κ2) is 10.6. The molecule has 2 heterocycles. The molecule has 2 aliphatic rings. The molecule has 162 valence electrons. The number of ketones is 1. The highest BCUT2D eigenvalue weighted by molar-refractivity contribution is 7.99. The number of carbonyl (C=O) groups excluding carboxylic acids is 2. The van der Waals surface area contributed by atoms with Crippen molar-refractivity contribution in [3.63, 3.8) is 0 Å². The topological polar surface area (TPSA) is 88.3 Å². The van der Waals surface area contributed by atoms with Crippen LogP contribution < -0.4 is 5.32 Å². The number of nitrogens with one attached hydrogen (secondary N) is 1. The van der Waals surface area contributed by atoms with Gasteiger partial charge in [-0.25, -0.2) is 0 Å². The Morgan fingerprint density at radius 1 is 1.14 bits per heavy atom. The van der Waals surface area contributed by atoms with Gasteiger partial charge in [-0.1, -0.05) is 44.9 Å². The number of hydrogen-bond acceptors (Lipinski definition) is 7. The number of piperidine rings is 1. The van der Waals surface area contributed by atoms with E-state index in [-0.39, 0.29) is 29.4 Å². The van der Waals surface area contributed by atoms with Crippen molar-refractivity contribution in [2.24, 2.45) is 11.8 Å². The summed E-state index contributed by atoms with van der Waals surface area (Å²) < 4.78 is 5.69. The highest BCUT2D eigenvalue weighted by Crippen LogP contribution is 2.29. The van der Waals surface area contributed by atoms with Crippen LogP contribution >= 0.6 is 11.8 Å². The summed E-state index contributed by atoms with van der Waals surface area (Å²) in [6.45, 7) is 6.20. The minimum absolute atomic E-state index is 0.00928. The first-order valence-electron chi connectivity index (χ1n) is 11.0. The van der Waals surface area contributed by atoms with Crippen LogP contribution in [0.4, 0.5) is 0 Å². The fourth-order valence-electron chi connectivity index (χ4n) is 4.11. The third-order valence-corrected chi connectivity index (χ3v) is 7.04. The number of hydrogen-bond donors (Lipinski definition) is 1. The number of carbonyl (C=O) groups is 2. The van der Waals surface area contributed by atoms with Crippen molar-refractivity contribution in [3.05, 3.63) is 5.89 Å². The average Bonchev–Trinajstić information content (AvgIpc) is 3.17. The first-order valence-corrected chi connectivity index (χ1v) is 11.8. The highest BCUT2D eigenvalue weighted by atomic mass is 32.2. The summed E-state index contributed by atoms with van der Waals surface area (Å²) >= 11 is 1.56. The van der Waals surface area contributed by atoms with Gasteiger partial charge in [0.15, 0.2) is 0 Å². The average molecular weight is 423 g/mol. The summed E-state index contributed by atoms with van der Waals surface area (Å²) in [6, 6.07) is -0.606. The van der Waals surface area contributed by atoms with E-state index in [2.05, 4.69) is 27.5 Å². The first kappa shape index (κ1) is 22.3. The molecule has 0 aromatic carbocycles. The van der Waals surface area contributed by atoms with Gasteiger partial charge in [-0.05, 0) is 58.2 Å². The zero-order valence-corrected chi connectivity index (χ0v) is 18.7. The lowest BCUT2D eigenvalue weighted by Gasteiger charge is -2.27. The lowest BCUT2D eigenvalue weighted by atomic mass is 9.88. The largest absolute Gasteiger partial charge is 0.408 e. The maximum absolute atomic E-state index is 13.0. The van der Waals surface area contributed by atoms with Gasteiger partial charge in [0.25, 0.3) is 11.1 Å². The zero-order valence-electron chi connectivity index (χ0n) is 17.9. The molecule has 1 aromatic rings. The Morgan fingerprint density at radius 3 is 2.48 bits per heavy atom. The normalized spacial score (nSPS) is 20.7. The molecule has 1 unspecified atom stereocenters. The van der Waals surface area contributed by atoms with Gasteiger partial charge in [0.05, 0.1) is 6.04 Å². The van der Waals surface area contributed by atoms with Crippen molar-refractivity contribution in [2.45, 2.75) is 81.7 Å². The van der Waals surface area contributed by atoms with Gasteiger partial charge >= 0.3 is 0 Å². The van der Waals surface area contributed by atoms with Crippen LogP contribution in [0.5, 0.6) is 0 Å². The van der Waals surface area contributed by atoms with E-state index >= 15 is 0 Å². The predicted octanol–water partition coefficient (Wildman–Crippen LogP) is 3.55. The number of thioether (sulfide) groups is 1. The number of aromatic nitrogens is 2. The van der Waals surface area contributed by atoms with E-state index in [4.69, 9.17) is 4.42 Å². The van der Waals surface area contributed by atoms with Crippen molar-refractivity contribution >= 4 is 23.5 Å². The number of rotatable bonds is 8. The van der Waals surface area contributed by atoms with Crippen LogP contribution in [0, 0.1) is 11.8 Å². The lowest BCUT2D eigenvalue weighted by Crippen LogP contribution is -2.45. The molecule has 1 atom stereocenters. The van der Waals surface area contributed by atoms with Crippen LogP contribution in [0.15, 0.2) is 9.64 Å². The quantitative estimate of drug-likeness (QED) is 0.641. The molecule has 7 nitrogen and oxygen atoms in total. The molecule has 1 saturated carbocycles. The molecule has 1 saturated heterocycles. The van der Waals surface area contributed by atoms with Gasteiger partial charge < -0.3 is 14.6 Å². The molecule has 1 amide bonds. The van der Waals surface area contributed by atoms with Crippen molar-refractivity contribution in [1.82, 2.24) is 20.4 Å². The van der Waals surface area contributed by atoms with E-state index in [1.165, 1.54) is 6.42 Å². The molecular formula is C21H34N4O3S. The second-order valence-electron chi connectivity index (χ2n) is 8.88. The Balaban J connectivity index is 1.61. The van der Waals surface area contributed by atoms with E-state index in [0.717, 1.165) is 51.6 Å². The summed E-state index contributed by atoms with van der Waals surface area (Å²) in [5, 5.41) is 11.9. The van der Waals surface area contributed by atoms with Gasteiger partial charge in [-0.2, -0.15) is 0 Å². The van der Waals surface area contributed by atoms with Crippen molar-refractivity contribution in [2.75, 3.05) is 20.1 Å². The van der Waals surface area contributed by atoms with Crippen molar-refractivity contribution < 1.29 is 14.0 Å². The molecule has 1 aliphatic heterocycles. The van der Waals surface area contributed by atoms with E-state index in [9.17, 15) is 9.59 Å². The minimum atomic E-state index is -0.606. The van der Waals surface area contributed by atoms with Gasteiger partial charge in [-0.3, -0.25) is 9.59 Å². The minimum Gasteiger partial charge on any atom is -0.408 e. The molecule has 1 aliphatic carbocycles. The standard InChI is InChI=1S/C21H34N4O3S/c1-14(2)13-17(22-19(27)15-7-5-4-6-8-15)18(26)20-23-24-21(28-20)29-16-9-11-25(3)12-10-16/h14-17H,4-13H2,1-3H3,(H,22,27). The molecule has 0 radical (unpaired) electrons. The smallest absolute Gasteiger partial charge is 0.286 e. The molecule has 1 aromatic heterocycles. The van der Waals surface area contributed by atoms with Gasteiger partial charge in [0.1, 0.15) is 0 Å². The van der Waals surface area contributed by atoms with Crippen LogP contribution in [-0.4, -0.2) is 58.2 Å². The van der Waals surface area contributed by atoms with Crippen LogP contribution in [0.2, 0.25) is 0 Å². The maximum atomic E-state index is 13.0.